The minimum absolute atomic E-state index is 0.368. The van der Waals surface area contributed by atoms with Crippen molar-refractivity contribution < 1.29 is 14.3 Å². The van der Waals surface area contributed by atoms with E-state index in [1.165, 1.54) is 0 Å². The van der Waals surface area contributed by atoms with E-state index >= 15 is 0 Å². The number of H-pyrrole nitrogens is 2. The highest BCUT2D eigenvalue weighted by atomic mass is 16.5. The SMILES string of the molecule is O=C1C(=O)c2ccccc2C2=C1CCC(C1=Cc3nc1c(-c1ccccc1)c1ccc([nH]1)c(-c1ccccc1)c1nc(c(-c4ccccc4)c4ccc([nH]4)c3-c3ccccc3)C=C1)O2. The third kappa shape index (κ3) is 6.20. The maximum absolute atomic E-state index is 13.6. The quantitative estimate of drug-likeness (QED) is 0.168. The summed E-state index contributed by atoms with van der Waals surface area (Å²) in [5.74, 6) is -0.506. The molecule has 64 heavy (non-hydrogen) atoms. The predicted molar refractivity (Wildman–Crippen MR) is 256 cm³/mol. The molecule has 0 spiro atoms. The summed E-state index contributed by atoms with van der Waals surface area (Å²) in [5.41, 5.74) is 17.0. The molecule has 3 aromatic heterocycles. The van der Waals surface area contributed by atoms with E-state index < -0.39 is 17.7 Å². The second-order valence-corrected chi connectivity index (χ2v) is 16.4. The lowest BCUT2D eigenvalue weighted by atomic mass is 9.83. The van der Waals surface area contributed by atoms with Crippen LogP contribution in [-0.2, 0) is 9.53 Å². The number of Topliss-reactive ketones (excluding diaryl/α,β-unsaturated/α-hetero) is 2. The largest absolute Gasteiger partial charge is 0.485 e. The molecule has 3 aliphatic heterocycles. The molecule has 1 aliphatic carbocycles. The lowest BCUT2D eigenvalue weighted by molar-refractivity contribution is -0.112. The van der Waals surface area contributed by atoms with Crippen LogP contribution in [0.1, 0.15) is 51.5 Å². The first-order chi connectivity index (χ1) is 31.6. The van der Waals surface area contributed by atoms with Crippen LogP contribution in [0.25, 0.3) is 96.1 Å². The maximum Gasteiger partial charge on any atom is 0.234 e. The lowest BCUT2D eigenvalue weighted by Gasteiger charge is -2.32. The molecule has 7 heteroatoms. The Balaban J connectivity index is 1.21. The van der Waals surface area contributed by atoms with E-state index in [1.807, 2.05) is 60.7 Å². The van der Waals surface area contributed by atoms with E-state index in [0.717, 1.165) is 94.9 Å². The number of ketones is 2. The second-order valence-electron chi connectivity index (χ2n) is 16.4. The van der Waals surface area contributed by atoms with Crippen molar-refractivity contribution in [3.05, 3.63) is 209 Å². The molecule has 0 fully saturated rings. The van der Waals surface area contributed by atoms with Gasteiger partial charge in [0.15, 0.2) is 0 Å². The predicted octanol–water partition coefficient (Wildman–Crippen LogP) is 13.0. The fourth-order valence-corrected chi connectivity index (χ4v) is 9.65. The number of benzene rings is 5. The van der Waals surface area contributed by atoms with Crippen molar-refractivity contribution in [1.29, 1.82) is 0 Å². The highest BCUT2D eigenvalue weighted by Gasteiger charge is 2.39. The molecular formula is C57H38N4O3. The molecule has 0 saturated carbocycles. The number of hydrogen-bond donors (Lipinski definition) is 2. The summed E-state index contributed by atoms with van der Waals surface area (Å²) >= 11 is 0. The number of nitrogens with one attached hydrogen (secondary N) is 2. The number of nitrogens with zero attached hydrogens (tertiary/aromatic N) is 2. The van der Waals surface area contributed by atoms with Crippen molar-refractivity contribution in [2.75, 3.05) is 0 Å². The first-order valence-electron chi connectivity index (χ1n) is 21.6. The van der Waals surface area contributed by atoms with E-state index in [-0.39, 0.29) is 0 Å². The number of carbonyl (C=O) groups excluding carboxylic acids is 2. The molecule has 0 radical (unpaired) electrons. The molecule has 1 atom stereocenters. The maximum atomic E-state index is 13.6. The number of aromatic nitrogens is 4. The molecule has 0 saturated heterocycles. The minimum Gasteiger partial charge on any atom is -0.485 e. The average molecular weight is 827 g/mol. The Kier molecular flexibility index (Phi) is 8.86. The van der Waals surface area contributed by atoms with Gasteiger partial charge in [-0.25, -0.2) is 9.97 Å². The first kappa shape index (κ1) is 37.4. The van der Waals surface area contributed by atoms with E-state index in [4.69, 9.17) is 14.7 Å². The number of fused-ring (bicyclic) bond motifs is 10. The van der Waals surface area contributed by atoms with Crippen molar-refractivity contribution in [2.24, 2.45) is 0 Å². The summed E-state index contributed by atoms with van der Waals surface area (Å²) < 4.78 is 7.03. The number of hydrogen-bond acceptors (Lipinski definition) is 5. The van der Waals surface area contributed by atoms with Gasteiger partial charge in [-0.2, -0.15) is 0 Å². The van der Waals surface area contributed by atoms with Gasteiger partial charge in [0.25, 0.3) is 0 Å². The summed E-state index contributed by atoms with van der Waals surface area (Å²) in [5, 5.41) is 0. The van der Waals surface area contributed by atoms with Gasteiger partial charge in [-0.15, -0.1) is 0 Å². The van der Waals surface area contributed by atoms with Gasteiger partial charge < -0.3 is 14.7 Å². The minimum atomic E-state index is -0.494. The molecule has 7 nitrogen and oxygen atoms in total. The van der Waals surface area contributed by atoms with Crippen LogP contribution in [0, 0.1) is 0 Å². The Morgan fingerprint density at radius 2 is 0.891 bits per heavy atom. The molecule has 8 aromatic rings. The van der Waals surface area contributed by atoms with Crippen LogP contribution in [0.3, 0.4) is 0 Å². The molecule has 5 aromatic carbocycles. The van der Waals surface area contributed by atoms with Crippen LogP contribution < -0.4 is 0 Å². The zero-order chi connectivity index (χ0) is 42.7. The Labute approximate surface area is 368 Å². The number of ether oxygens (including phenoxy) is 1. The molecule has 12 rings (SSSR count). The number of aromatic amines is 2. The van der Waals surface area contributed by atoms with E-state index in [9.17, 15) is 9.59 Å². The van der Waals surface area contributed by atoms with Crippen molar-refractivity contribution >= 4 is 63.2 Å². The zero-order valence-corrected chi connectivity index (χ0v) is 34.5. The smallest absolute Gasteiger partial charge is 0.234 e. The van der Waals surface area contributed by atoms with E-state index in [0.29, 0.717) is 35.3 Å². The van der Waals surface area contributed by atoms with Crippen molar-refractivity contribution in [3.8, 4) is 44.5 Å². The highest BCUT2D eigenvalue weighted by molar-refractivity contribution is 6.52. The fraction of sp³-hybridized carbons (Fsp3) is 0.0526. The van der Waals surface area contributed by atoms with Crippen LogP contribution in [-0.4, -0.2) is 37.6 Å². The second kappa shape index (κ2) is 15.2. The Bertz CT molecular complexity index is 3490. The third-order valence-corrected chi connectivity index (χ3v) is 12.6. The molecule has 0 amide bonds. The van der Waals surface area contributed by atoms with Gasteiger partial charge in [0.05, 0.1) is 22.8 Å². The van der Waals surface area contributed by atoms with Crippen LogP contribution in [0.4, 0.5) is 0 Å². The molecule has 8 bridgehead atoms. The molecule has 1 unspecified atom stereocenters. The topological polar surface area (TPSA) is 101 Å². The van der Waals surface area contributed by atoms with Crippen LogP contribution >= 0.6 is 0 Å². The molecular weight excluding hydrogens is 789 g/mol. The zero-order valence-electron chi connectivity index (χ0n) is 34.5. The Morgan fingerprint density at radius 1 is 0.453 bits per heavy atom. The van der Waals surface area contributed by atoms with Crippen LogP contribution in [0.5, 0.6) is 0 Å². The lowest BCUT2D eigenvalue weighted by Crippen LogP contribution is -2.30. The fourth-order valence-electron chi connectivity index (χ4n) is 9.65. The Morgan fingerprint density at radius 3 is 1.41 bits per heavy atom. The number of allylic oxidation sites excluding steroid dienone is 1. The summed E-state index contributed by atoms with van der Waals surface area (Å²) in [4.78, 5) is 45.7. The molecule has 6 heterocycles. The van der Waals surface area contributed by atoms with Gasteiger partial charge in [-0.3, -0.25) is 9.59 Å². The summed E-state index contributed by atoms with van der Waals surface area (Å²) in [6.07, 6.45) is 6.77. The molecule has 2 N–H and O–H groups in total. The summed E-state index contributed by atoms with van der Waals surface area (Å²) in [7, 11) is 0. The van der Waals surface area contributed by atoms with Crippen molar-refractivity contribution in [3.63, 3.8) is 0 Å². The normalized spacial score (nSPS) is 15.4. The number of rotatable bonds is 5. The van der Waals surface area contributed by atoms with Gasteiger partial charge in [0, 0.05) is 66.6 Å². The average Bonchev–Trinajstić information content (AvgIpc) is 4.20. The molecule has 4 aliphatic rings. The summed E-state index contributed by atoms with van der Waals surface area (Å²) in [6, 6.07) is 57.3. The van der Waals surface area contributed by atoms with Crippen molar-refractivity contribution in [1.82, 2.24) is 19.9 Å². The van der Waals surface area contributed by atoms with Crippen molar-refractivity contribution in [2.45, 2.75) is 18.9 Å². The van der Waals surface area contributed by atoms with Gasteiger partial charge in [0.1, 0.15) is 11.9 Å². The monoisotopic (exact) mass is 826 g/mol. The third-order valence-electron chi connectivity index (χ3n) is 12.6. The highest BCUT2D eigenvalue weighted by Crippen LogP contribution is 2.46. The molecule has 304 valence electrons. The van der Waals surface area contributed by atoms with Gasteiger partial charge in [-0.1, -0.05) is 146 Å². The van der Waals surface area contributed by atoms with Crippen LogP contribution in [0.15, 0.2) is 175 Å². The van der Waals surface area contributed by atoms with Gasteiger partial charge in [0.2, 0.25) is 11.6 Å². The van der Waals surface area contributed by atoms with Gasteiger partial charge >= 0.3 is 0 Å². The standard InChI is InChI=1S/C57H38N4O3/c62-55-38-23-13-14-24-39(38)57-40(56(55)63)25-32-49(64-57)41-33-48-52(36-19-9-3-10-20-36)46-29-28-44(59-46)50(34-15-5-1-6-16-34)42-26-27-43(58-42)51(35-17-7-2-8-18-35)45-30-31-47(60-45)53(54(41)61-48)37-21-11-4-12-22-37/h1-24,26-31,33,49,59-60H,25,32H2. The van der Waals surface area contributed by atoms with E-state index in [1.54, 1.807) is 12.1 Å². The van der Waals surface area contributed by atoms with Gasteiger partial charge in [-0.05, 0) is 77.6 Å². The Hall–Kier alpha value is -8.42. The number of carbonyl (C=O) groups is 2. The summed E-state index contributed by atoms with van der Waals surface area (Å²) in [6.45, 7) is 0. The van der Waals surface area contributed by atoms with Crippen LogP contribution in [0.2, 0.25) is 0 Å². The van der Waals surface area contributed by atoms with E-state index in [2.05, 4.69) is 125 Å². The first-order valence-corrected chi connectivity index (χ1v) is 21.6.